The Morgan fingerprint density at radius 1 is 1.38 bits per heavy atom. The Balaban J connectivity index is 2.40. The lowest BCUT2D eigenvalue weighted by molar-refractivity contribution is 0.0692. The lowest BCUT2D eigenvalue weighted by Crippen LogP contribution is -2.20. The molecule has 0 atom stereocenters. The fourth-order valence-corrected chi connectivity index (χ4v) is 1.98. The molecule has 1 heterocycles. The van der Waals surface area contributed by atoms with E-state index in [9.17, 15) is 9.18 Å². The maximum atomic E-state index is 13.5. The van der Waals surface area contributed by atoms with Gasteiger partial charge in [-0.15, -0.1) is 0 Å². The van der Waals surface area contributed by atoms with Gasteiger partial charge in [-0.25, -0.2) is 9.18 Å². The minimum Gasteiger partial charge on any atom is -0.478 e. The van der Waals surface area contributed by atoms with Crippen LogP contribution in [0.5, 0.6) is 0 Å². The van der Waals surface area contributed by atoms with Crippen molar-refractivity contribution in [2.24, 2.45) is 0 Å². The summed E-state index contributed by atoms with van der Waals surface area (Å²) in [6, 6.07) is 2.40. The van der Waals surface area contributed by atoms with Gasteiger partial charge in [0.1, 0.15) is 5.82 Å². The number of nitrogens with zero attached hydrogens (tertiary/aromatic N) is 1. The van der Waals surface area contributed by atoms with E-state index in [2.05, 4.69) is 0 Å². The fourth-order valence-electron chi connectivity index (χ4n) is 1.98. The number of aromatic carboxylic acids is 1. The van der Waals surface area contributed by atoms with Gasteiger partial charge in [-0.1, -0.05) is 0 Å². The van der Waals surface area contributed by atoms with E-state index in [4.69, 9.17) is 10.8 Å². The Labute approximate surface area is 92.5 Å². The van der Waals surface area contributed by atoms with Crippen LogP contribution in [0.3, 0.4) is 0 Å². The molecule has 2 rings (SSSR count). The van der Waals surface area contributed by atoms with E-state index >= 15 is 0 Å². The molecule has 0 aromatic heterocycles. The van der Waals surface area contributed by atoms with Crippen molar-refractivity contribution < 1.29 is 14.3 Å². The molecule has 0 unspecified atom stereocenters. The van der Waals surface area contributed by atoms with Gasteiger partial charge in [0, 0.05) is 19.2 Å². The second-order valence-electron chi connectivity index (χ2n) is 3.89. The second-order valence-corrected chi connectivity index (χ2v) is 3.89. The van der Waals surface area contributed by atoms with Crippen molar-refractivity contribution in [1.82, 2.24) is 0 Å². The van der Waals surface area contributed by atoms with E-state index < -0.39 is 11.8 Å². The van der Waals surface area contributed by atoms with Crippen molar-refractivity contribution in [3.8, 4) is 0 Å². The summed E-state index contributed by atoms with van der Waals surface area (Å²) < 4.78 is 13.5. The number of nitrogens with two attached hydrogens (primary N) is 1. The molecule has 1 aromatic rings. The number of carbonyl (C=O) groups is 1. The number of hydrogen-bond acceptors (Lipinski definition) is 3. The average molecular weight is 224 g/mol. The highest BCUT2D eigenvalue weighted by Crippen LogP contribution is 2.29. The number of carboxylic acids is 1. The lowest BCUT2D eigenvalue weighted by atomic mass is 10.1. The summed E-state index contributed by atoms with van der Waals surface area (Å²) >= 11 is 0. The zero-order chi connectivity index (χ0) is 11.7. The van der Waals surface area contributed by atoms with Crippen molar-refractivity contribution in [2.45, 2.75) is 12.8 Å². The van der Waals surface area contributed by atoms with Gasteiger partial charge >= 0.3 is 5.97 Å². The number of nitrogen functional groups attached to an aromatic ring is 1. The largest absolute Gasteiger partial charge is 0.478 e. The summed E-state index contributed by atoms with van der Waals surface area (Å²) in [5.74, 6) is -2.03. The third kappa shape index (κ3) is 1.80. The lowest BCUT2D eigenvalue weighted by Gasteiger charge is -2.20. The van der Waals surface area contributed by atoms with Gasteiger partial charge in [0.15, 0.2) is 0 Å². The first kappa shape index (κ1) is 10.7. The Morgan fingerprint density at radius 3 is 2.56 bits per heavy atom. The molecule has 0 spiro atoms. The minimum atomic E-state index is -1.29. The molecule has 5 heteroatoms. The summed E-state index contributed by atoms with van der Waals surface area (Å²) in [7, 11) is 0. The van der Waals surface area contributed by atoms with Crippen molar-refractivity contribution >= 4 is 17.3 Å². The third-order valence-corrected chi connectivity index (χ3v) is 2.79. The van der Waals surface area contributed by atoms with Crippen LogP contribution in [0.4, 0.5) is 15.8 Å². The number of hydrogen-bond donors (Lipinski definition) is 2. The van der Waals surface area contributed by atoms with E-state index in [1.165, 1.54) is 12.1 Å². The van der Waals surface area contributed by atoms with Crippen molar-refractivity contribution in [1.29, 1.82) is 0 Å². The highest BCUT2D eigenvalue weighted by atomic mass is 19.1. The molecule has 4 nitrogen and oxygen atoms in total. The zero-order valence-electron chi connectivity index (χ0n) is 8.74. The Hall–Kier alpha value is -1.78. The van der Waals surface area contributed by atoms with Gasteiger partial charge in [0.05, 0.1) is 16.9 Å². The smallest absolute Gasteiger partial charge is 0.338 e. The van der Waals surface area contributed by atoms with Crippen LogP contribution in [0, 0.1) is 5.82 Å². The predicted octanol–water partition coefficient (Wildman–Crippen LogP) is 1.71. The Morgan fingerprint density at radius 2 is 2.00 bits per heavy atom. The van der Waals surface area contributed by atoms with Crippen LogP contribution in [-0.2, 0) is 0 Å². The highest BCUT2D eigenvalue weighted by Gasteiger charge is 2.19. The fraction of sp³-hybridized carbons (Fsp3) is 0.364. The molecular weight excluding hydrogens is 211 g/mol. The van der Waals surface area contributed by atoms with Crippen LogP contribution in [0.25, 0.3) is 0 Å². The van der Waals surface area contributed by atoms with Crippen LogP contribution in [-0.4, -0.2) is 24.2 Å². The van der Waals surface area contributed by atoms with Crippen LogP contribution in [0.1, 0.15) is 23.2 Å². The molecule has 16 heavy (non-hydrogen) atoms. The average Bonchev–Trinajstić information content (AvgIpc) is 2.73. The molecule has 1 aromatic carbocycles. The first-order valence-electron chi connectivity index (χ1n) is 5.17. The molecule has 1 saturated heterocycles. The molecule has 0 radical (unpaired) electrons. The number of rotatable bonds is 2. The van der Waals surface area contributed by atoms with E-state index in [1.54, 1.807) is 0 Å². The summed E-state index contributed by atoms with van der Waals surface area (Å²) in [6.45, 7) is 1.69. The molecule has 3 N–H and O–H groups in total. The van der Waals surface area contributed by atoms with Gasteiger partial charge in [0.25, 0.3) is 0 Å². The maximum Gasteiger partial charge on any atom is 0.338 e. The molecule has 0 amide bonds. The first-order chi connectivity index (χ1) is 7.59. The van der Waals surface area contributed by atoms with Crippen molar-refractivity contribution in [3.63, 3.8) is 0 Å². The molecule has 1 aliphatic rings. The summed E-state index contributed by atoms with van der Waals surface area (Å²) in [5, 5.41) is 8.74. The zero-order valence-corrected chi connectivity index (χ0v) is 8.74. The van der Waals surface area contributed by atoms with Crippen LogP contribution in [0.2, 0.25) is 0 Å². The van der Waals surface area contributed by atoms with Crippen LogP contribution >= 0.6 is 0 Å². The number of benzene rings is 1. The molecule has 86 valence electrons. The van der Waals surface area contributed by atoms with E-state index in [0.717, 1.165) is 25.9 Å². The van der Waals surface area contributed by atoms with Crippen molar-refractivity contribution in [2.75, 3.05) is 23.7 Å². The van der Waals surface area contributed by atoms with Crippen molar-refractivity contribution in [3.05, 3.63) is 23.5 Å². The number of anilines is 2. The van der Waals surface area contributed by atoms with E-state index in [0.29, 0.717) is 11.4 Å². The van der Waals surface area contributed by atoms with Gasteiger partial charge < -0.3 is 15.7 Å². The van der Waals surface area contributed by atoms with Crippen LogP contribution in [0.15, 0.2) is 12.1 Å². The van der Waals surface area contributed by atoms with Gasteiger partial charge in [-0.3, -0.25) is 0 Å². The highest BCUT2D eigenvalue weighted by molar-refractivity contribution is 5.91. The van der Waals surface area contributed by atoms with Gasteiger partial charge in [0.2, 0.25) is 0 Å². The second kappa shape index (κ2) is 4.00. The molecule has 0 aliphatic carbocycles. The molecule has 0 bridgehead atoms. The van der Waals surface area contributed by atoms with Crippen LogP contribution < -0.4 is 10.6 Å². The molecular formula is C11H13FN2O2. The van der Waals surface area contributed by atoms with Gasteiger partial charge in [-0.05, 0) is 18.9 Å². The monoisotopic (exact) mass is 224 g/mol. The van der Waals surface area contributed by atoms with Gasteiger partial charge in [-0.2, -0.15) is 0 Å². The quantitative estimate of drug-likeness (QED) is 0.750. The minimum absolute atomic E-state index is 0.320. The SMILES string of the molecule is Nc1cc(C(=O)O)c(F)cc1N1CCCC1. The molecule has 1 aliphatic heterocycles. The maximum absolute atomic E-state index is 13.5. The topological polar surface area (TPSA) is 66.6 Å². The molecule has 0 saturated carbocycles. The summed E-state index contributed by atoms with van der Waals surface area (Å²) in [5.41, 5.74) is 6.28. The summed E-state index contributed by atoms with van der Waals surface area (Å²) in [4.78, 5) is 12.7. The first-order valence-corrected chi connectivity index (χ1v) is 5.17. The number of halogens is 1. The van der Waals surface area contributed by atoms with E-state index in [1.807, 2.05) is 4.90 Å². The number of carboxylic acid groups (broad SMARTS) is 1. The molecule has 1 fully saturated rings. The standard InChI is InChI=1S/C11H13FN2O2/c12-8-6-10(14-3-1-2-4-14)9(13)5-7(8)11(15)16/h5-6H,1-4,13H2,(H,15,16). The Kier molecular flexibility index (Phi) is 2.68. The summed E-state index contributed by atoms with van der Waals surface area (Å²) in [6.07, 6.45) is 2.11. The normalized spacial score (nSPS) is 15.4. The third-order valence-electron chi connectivity index (χ3n) is 2.79. The predicted molar refractivity (Wildman–Crippen MR) is 59.2 cm³/mol. The Bertz CT molecular complexity index is 428. The van der Waals surface area contributed by atoms with E-state index in [-0.39, 0.29) is 5.56 Å².